The molecule has 0 bridgehead atoms. The number of aromatic nitrogens is 2. The number of hydrogen-bond acceptors (Lipinski definition) is 4. The number of alkyl halides is 3. The Kier molecular flexibility index (Phi) is 7.41. The molecule has 170 valence electrons. The van der Waals surface area contributed by atoms with Gasteiger partial charge < -0.3 is 9.80 Å². The molecule has 0 aliphatic rings. The topological polar surface area (TPSA) is 32.3 Å². The second-order valence-corrected chi connectivity index (χ2v) is 8.43. The number of benzene rings is 2. The molecule has 3 aromatic rings. The summed E-state index contributed by atoms with van der Waals surface area (Å²) in [6.45, 7) is 3.41. The predicted molar refractivity (Wildman–Crippen MR) is 126 cm³/mol. The Hall–Kier alpha value is -2.64. The Balaban J connectivity index is 2.07. The summed E-state index contributed by atoms with van der Waals surface area (Å²) in [6, 6.07) is 9.61. The zero-order valence-corrected chi connectivity index (χ0v) is 19.3. The highest BCUT2D eigenvalue weighted by atomic mass is 35.5. The first-order chi connectivity index (χ1) is 15.1. The molecule has 1 aromatic heterocycles. The third kappa shape index (κ3) is 5.78. The number of para-hydroxylation sites is 1. The van der Waals surface area contributed by atoms with Crippen molar-refractivity contribution >= 4 is 40.5 Å². The maximum atomic E-state index is 13.7. The third-order valence-corrected chi connectivity index (χ3v) is 5.52. The van der Waals surface area contributed by atoms with E-state index in [0.717, 1.165) is 30.2 Å². The van der Waals surface area contributed by atoms with Crippen LogP contribution in [0.4, 0.5) is 19.0 Å². The van der Waals surface area contributed by atoms with Crippen LogP contribution in [0.25, 0.3) is 23.1 Å². The molecule has 32 heavy (non-hydrogen) atoms. The second kappa shape index (κ2) is 9.88. The van der Waals surface area contributed by atoms with E-state index < -0.39 is 11.7 Å². The minimum atomic E-state index is -4.51. The SMILES string of the molecule is Cc1cc(/C=C/c2nc(N(C)CCCN(C)C)c3cccc(C(F)(F)F)c3n2)ccc1Cl. The lowest BCUT2D eigenvalue weighted by Crippen LogP contribution is -2.24. The van der Waals surface area contributed by atoms with Gasteiger partial charge in [0, 0.05) is 24.0 Å². The monoisotopic (exact) mass is 462 g/mol. The van der Waals surface area contributed by atoms with Gasteiger partial charge in [-0.1, -0.05) is 35.9 Å². The largest absolute Gasteiger partial charge is 0.418 e. The van der Waals surface area contributed by atoms with Crippen molar-refractivity contribution in [3.8, 4) is 0 Å². The van der Waals surface area contributed by atoms with Crippen molar-refractivity contribution < 1.29 is 13.2 Å². The van der Waals surface area contributed by atoms with Gasteiger partial charge in [0.25, 0.3) is 0 Å². The van der Waals surface area contributed by atoms with Crippen LogP contribution in [0.2, 0.25) is 5.02 Å². The molecule has 0 saturated heterocycles. The van der Waals surface area contributed by atoms with E-state index in [9.17, 15) is 13.2 Å². The van der Waals surface area contributed by atoms with Gasteiger partial charge in [0.15, 0.2) is 5.82 Å². The first kappa shape index (κ1) is 24.0. The van der Waals surface area contributed by atoms with Crippen molar-refractivity contribution in [2.24, 2.45) is 0 Å². The normalized spacial score (nSPS) is 12.3. The lowest BCUT2D eigenvalue weighted by atomic mass is 10.1. The molecular formula is C24H26ClF3N4. The summed E-state index contributed by atoms with van der Waals surface area (Å²) in [5.41, 5.74) is 0.906. The Morgan fingerprint density at radius 2 is 1.75 bits per heavy atom. The molecule has 0 radical (unpaired) electrons. The molecule has 0 spiro atoms. The van der Waals surface area contributed by atoms with E-state index >= 15 is 0 Å². The molecule has 0 amide bonds. The Labute approximate surface area is 191 Å². The van der Waals surface area contributed by atoms with Crippen LogP contribution in [-0.2, 0) is 6.18 Å². The highest BCUT2D eigenvalue weighted by Gasteiger charge is 2.34. The number of rotatable bonds is 7. The molecular weight excluding hydrogens is 437 g/mol. The van der Waals surface area contributed by atoms with Gasteiger partial charge in [-0.3, -0.25) is 0 Å². The predicted octanol–water partition coefficient (Wildman–Crippen LogP) is 6.17. The maximum absolute atomic E-state index is 13.7. The molecule has 0 N–H and O–H groups in total. The fourth-order valence-corrected chi connectivity index (χ4v) is 3.54. The van der Waals surface area contributed by atoms with Crippen LogP contribution >= 0.6 is 11.6 Å². The van der Waals surface area contributed by atoms with Gasteiger partial charge in [-0.05, 0) is 69.4 Å². The summed E-state index contributed by atoms with van der Waals surface area (Å²) < 4.78 is 41.1. The van der Waals surface area contributed by atoms with Gasteiger partial charge in [-0.2, -0.15) is 13.2 Å². The number of aryl methyl sites for hydroxylation is 1. The average Bonchev–Trinajstić information content (AvgIpc) is 2.72. The quantitative estimate of drug-likeness (QED) is 0.420. The first-order valence-electron chi connectivity index (χ1n) is 10.2. The lowest BCUT2D eigenvalue weighted by molar-refractivity contribution is -0.136. The van der Waals surface area contributed by atoms with Crippen molar-refractivity contribution in [3.63, 3.8) is 0 Å². The lowest BCUT2D eigenvalue weighted by Gasteiger charge is -2.22. The highest BCUT2D eigenvalue weighted by Crippen LogP contribution is 2.36. The molecule has 0 aliphatic carbocycles. The standard InChI is InChI=1S/C24H26ClF3N4/c1-16-15-17(9-11-20(16)25)10-12-21-29-22-18(7-5-8-19(22)24(26,27)28)23(30-21)32(4)14-6-13-31(2)3/h5,7-12,15H,6,13-14H2,1-4H3/b12-10+. The van der Waals surface area contributed by atoms with Crippen LogP contribution in [0, 0.1) is 6.92 Å². The fourth-order valence-electron chi connectivity index (χ4n) is 3.42. The van der Waals surface area contributed by atoms with Crippen molar-refractivity contribution in [2.75, 3.05) is 39.1 Å². The Bertz CT molecular complexity index is 1130. The minimum Gasteiger partial charge on any atom is -0.359 e. The van der Waals surface area contributed by atoms with Crippen LogP contribution in [0.3, 0.4) is 0 Å². The molecule has 0 unspecified atom stereocenters. The summed E-state index contributed by atoms with van der Waals surface area (Å²) in [4.78, 5) is 12.8. The van der Waals surface area contributed by atoms with Crippen molar-refractivity contribution in [3.05, 3.63) is 63.9 Å². The Morgan fingerprint density at radius 1 is 1.00 bits per heavy atom. The zero-order valence-electron chi connectivity index (χ0n) is 18.5. The van der Waals surface area contributed by atoms with Crippen LogP contribution in [0.1, 0.15) is 28.9 Å². The van der Waals surface area contributed by atoms with Crippen LogP contribution < -0.4 is 4.90 Å². The third-order valence-electron chi connectivity index (χ3n) is 5.10. The molecule has 0 saturated carbocycles. The Morgan fingerprint density at radius 3 is 2.41 bits per heavy atom. The average molecular weight is 463 g/mol. The zero-order chi connectivity index (χ0) is 23.5. The van der Waals surface area contributed by atoms with Crippen molar-refractivity contribution in [1.29, 1.82) is 0 Å². The summed E-state index contributed by atoms with van der Waals surface area (Å²) >= 11 is 6.08. The molecule has 0 atom stereocenters. The van der Waals surface area contributed by atoms with E-state index in [1.165, 1.54) is 6.07 Å². The van der Waals surface area contributed by atoms with Crippen molar-refractivity contribution in [1.82, 2.24) is 14.9 Å². The summed E-state index contributed by atoms with van der Waals surface area (Å²) in [5.74, 6) is 0.697. The molecule has 0 fully saturated rings. The van der Waals surface area contributed by atoms with E-state index in [0.29, 0.717) is 22.8 Å². The van der Waals surface area contributed by atoms with Gasteiger partial charge in [0.2, 0.25) is 0 Å². The summed E-state index contributed by atoms with van der Waals surface area (Å²) in [6.07, 6.45) is -0.255. The first-order valence-corrected chi connectivity index (χ1v) is 10.6. The fraction of sp³-hybridized carbons (Fsp3) is 0.333. The van der Waals surface area contributed by atoms with E-state index in [1.807, 2.05) is 45.1 Å². The van der Waals surface area contributed by atoms with E-state index in [1.54, 1.807) is 24.3 Å². The van der Waals surface area contributed by atoms with Crippen LogP contribution in [0.15, 0.2) is 36.4 Å². The number of halogens is 4. The minimum absolute atomic E-state index is 0.101. The number of nitrogens with zero attached hydrogens (tertiary/aromatic N) is 4. The van der Waals surface area contributed by atoms with Gasteiger partial charge in [-0.25, -0.2) is 9.97 Å². The molecule has 8 heteroatoms. The maximum Gasteiger partial charge on any atom is 0.418 e. The molecule has 3 rings (SSSR count). The van der Waals surface area contributed by atoms with E-state index in [-0.39, 0.29) is 11.3 Å². The van der Waals surface area contributed by atoms with Gasteiger partial charge in [-0.15, -0.1) is 0 Å². The summed E-state index contributed by atoms with van der Waals surface area (Å²) in [7, 11) is 5.81. The number of fused-ring (bicyclic) bond motifs is 1. The van der Waals surface area contributed by atoms with Gasteiger partial charge in [0.1, 0.15) is 5.82 Å². The van der Waals surface area contributed by atoms with Crippen LogP contribution in [-0.4, -0.2) is 49.1 Å². The van der Waals surface area contributed by atoms with Gasteiger partial charge in [0.05, 0.1) is 11.1 Å². The summed E-state index contributed by atoms with van der Waals surface area (Å²) in [5, 5.41) is 1.03. The molecule has 1 heterocycles. The molecule has 0 aliphatic heterocycles. The molecule has 4 nitrogen and oxygen atoms in total. The molecule has 2 aromatic carbocycles. The van der Waals surface area contributed by atoms with Gasteiger partial charge >= 0.3 is 6.18 Å². The van der Waals surface area contributed by atoms with E-state index in [4.69, 9.17) is 11.6 Å². The van der Waals surface area contributed by atoms with Crippen LogP contribution in [0.5, 0.6) is 0 Å². The van der Waals surface area contributed by atoms with E-state index in [2.05, 4.69) is 14.9 Å². The van der Waals surface area contributed by atoms with Crippen molar-refractivity contribution in [2.45, 2.75) is 19.5 Å². The number of hydrogen-bond donors (Lipinski definition) is 0. The highest BCUT2D eigenvalue weighted by molar-refractivity contribution is 6.31. The smallest absolute Gasteiger partial charge is 0.359 e. The number of anilines is 1. The second-order valence-electron chi connectivity index (χ2n) is 8.03.